The monoisotopic (exact) mass is 275 g/mol. The first kappa shape index (κ1) is 14.7. The van der Waals surface area contributed by atoms with Crippen molar-refractivity contribution in [2.75, 3.05) is 19.8 Å². The zero-order valence-electron chi connectivity index (χ0n) is 11.7. The van der Waals surface area contributed by atoms with Crippen LogP contribution in [-0.2, 0) is 11.3 Å². The largest absolute Gasteiger partial charge is 0.389 e. The lowest BCUT2D eigenvalue weighted by molar-refractivity contribution is 0.0427. The Balaban J connectivity index is 1.90. The maximum atomic E-state index is 9.71. The molecule has 0 aliphatic heterocycles. The molecular weight excluding hydrogens is 254 g/mol. The molecule has 108 valence electrons. The summed E-state index contributed by atoms with van der Waals surface area (Å²) in [6.45, 7) is 4.09. The molecule has 0 spiro atoms. The van der Waals surface area contributed by atoms with E-state index in [0.29, 0.717) is 26.3 Å². The van der Waals surface area contributed by atoms with Crippen LogP contribution >= 0.6 is 0 Å². The van der Waals surface area contributed by atoms with Gasteiger partial charge >= 0.3 is 0 Å². The van der Waals surface area contributed by atoms with Gasteiger partial charge in [0.05, 0.1) is 18.4 Å². The molecule has 0 saturated heterocycles. The second kappa shape index (κ2) is 7.79. The Morgan fingerprint density at radius 1 is 1.35 bits per heavy atom. The molecule has 5 nitrogen and oxygen atoms in total. The maximum absolute atomic E-state index is 9.71. The molecule has 2 aromatic rings. The van der Waals surface area contributed by atoms with Crippen LogP contribution in [0.3, 0.4) is 0 Å². The number of aliphatic hydroxyl groups is 1. The molecule has 0 aliphatic carbocycles. The number of benzene rings is 1. The molecule has 2 N–H and O–H groups in total. The number of rotatable bonds is 8. The van der Waals surface area contributed by atoms with E-state index in [1.807, 2.05) is 42.1 Å². The zero-order chi connectivity index (χ0) is 14.2. The summed E-state index contributed by atoms with van der Waals surface area (Å²) in [5.41, 5.74) is 2.18. The molecule has 5 heteroatoms. The number of hydrogen-bond acceptors (Lipinski definition) is 4. The van der Waals surface area contributed by atoms with Gasteiger partial charge in [-0.3, -0.25) is 0 Å². The number of nitrogens with zero attached hydrogens (tertiary/aromatic N) is 2. The average molecular weight is 275 g/mol. The van der Waals surface area contributed by atoms with Gasteiger partial charge in [-0.15, -0.1) is 0 Å². The topological polar surface area (TPSA) is 59.3 Å². The predicted octanol–water partition coefficient (Wildman–Crippen LogP) is 1.36. The van der Waals surface area contributed by atoms with Gasteiger partial charge in [0.15, 0.2) is 0 Å². The summed E-state index contributed by atoms with van der Waals surface area (Å²) in [5, 5.41) is 17.2. The molecule has 20 heavy (non-hydrogen) atoms. The van der Waals surface area contributed by atoms with E-state index in [2.05, 4.69) is 16.5 Å². The Kier molecular flexibility index (Phi) is 5.73. The molecule has 0 fully saturated rings. The molecule has 0 radical (unpaired) electrons. The minimum absolute atomic E-state index is 0.365. The van der Waals surface area contributed by atoms with E-state index in [0.717, 1.165) is 11.3 Å². The molecule has 2 rings (SSSR count). The van der Waals surface area contributed by atoms with Gasteiger partial charge in [-0.25, -0.2) is 4.68 Å². The highest BCUT2D eigenvalue weighted by Gasteiger charge is 2.06. The lowest BCUT2D eigenvalue weighted by Gasteiger charge is -2.13. The highest BCUT2D eigenvalue weighted by atomic mass is 16.5. The fraction of sp³-hybridized carbons (Fsp3) is 0.400. The molecule has 1 unspecified atom stereocenters. The summed E-state index contributed by atoms with van der Waals surface area (Å²) in [7, 11) is 0. The molecule has 1 aromatic carbocycles. The smallest absolute Gasteiger partial charge is 0.0897 e. The molecule has 0 amide bonds. The summed E-state index contributed by atoms with van der Waals surface area (Å²) in [6, 6.07) is 9.97. The van der Waals surface area contributed by atoms with E-state index in [1.165, 1.54) is 0 Å². The van der Waals surface area contributed by atoms with Crippen LogP contribution in [0.25, 0.3) is 5.69 Å². The second-order valence-electron chi connectivity index (χ2n) is 4.52. The number of nitrogens with one attached hydrogen (secondary N) is 1. The molecule has 0 aliphatic rings. The highest BCUT2D eigenvalue weighted by molar-refractivity contribution is 5.40. The third kappa shape index (κ3) is 4.16. The lowest BCUT2D eigenvalue weighted by atomic mass is 10.1. The average Bonchev–Trinajstić information content (AvgIpc) is 2.99. The van der Waals surface area contributed by atoms with Crippen LogP contribution in [0, 0.1) is 0 Å². The Morgan fingerprint density at radius 2 is 2.20 bits per heavy atom. The van der Waals surface area contributed by atoms with E-state index >= 15 is 0 Å². The van der Waals surface area contributed by atoms with Gasteiger partial charge < -0.3 is 15.2 Å². The molecule has 1 heterocycles. The van der Waals surface area contributed by atoms with Crippen LogP contribution in [0.1, 0.15) is 12.5 Å². The van der Waals surface area contributed by atoms with Crippen molar-refractivity contribution in [3.05, 3.63) is 48.3 Å². The quantitative estimate of drug-likeness (QED) is 0.763. The SMILES string of the molecule is CCOCC(O)CNCc1ccccc1-n1cccn1. The van der Waals surface area contributed by atoms with Crippen molar-refractivity contribution >= 4 is 0 Å². The Hall–Kier alpha value is -1.69. The van der Waals surface area contributed by atoms with Crippen molar-refractivity contribution in [1.29, 1.82) is 0 Å². The van der Waals surface area contributed by atoms with Crippen molar-refractivity contribution in [2.24, 2.45) is 0 Å². The van der Waals surface area contributed by atoms with Gasteiger partial charge in [-0.1, -0.05) is 18.2 Å². The van der Waals surface area contributed by atoms with Crippen molar-refractivity contribution in [1.82, 2.24) is 15.1 Å². The van der Waals surface area contributed by atoms with Gasteiger partial charge in [0.2, 0.25) is 0 Å². The maximum Gasteiger partial charge on any atom is 0.0897 e. The number of aromatic nitrogens is 2. The normalized spacial score (nSPS) is 12.5. The fourth-order valence-corrected chi connectivity index (χ4v) is 1.98. The van der Waals surface area contributed by atoms with Crippen molar-refractivity contribution in [3.63, 3.8) is 0 Å². The van der Waals surface area contributed by atoms with Gasteiger partial charge in [0.25, 0.3) is 0 Å². The number of hydrogen-bond donors (Lipinski definition) is 2. The fourth-order valence-electron chi connectivity index (χ4n) is 1.98. The van der Waals surface area contributed by atoms with Crippen LogP contribution < -0.4 is 5.32 Å². The molecule has 0 bridgehead atoms. The number of para-hydroxylation sites is 1. The first-order valence-electron chi connectivity index (χ1n) is 6.85. The van der Waals surface area contributed by atoms with Crippen LogP contribution in [0.2, 0.25) is 0 Å². The first-order chi connectivity index (χ1) is 9.81. The van der Waals surface area contributed by atoms with Gasteiger partial charge in [-0.05, 0) is 24.6 Å². The number of aliphatic hydroxyl groups excluding tert-OH is 1. The van der Waals surface area contributed by atoms with Crippen molar-refractivity contribution in [2.45, 2.75) is 19.6 Å². The lowest BCUT2D eigenvalue weighted by Crippen LogP contribution is -2.30. The van der Waals surface area contributed by atoms with E-state index in [1.54, 1.807) is 6.20 Å². The Bertz CT molecular complexity index is 500. The third-order valence-electron chi connectivity index (χ3n) is 2.95. The van der Waals surface area contributed by atoms with Gasteiger partial charge in [0, 0.05) is 32.1 Å². The van der Waals surface area contributed by atoms with Crippen LogP contribution in [0.5, 0.6) is 0 Å². The van der Waals surface area contributed by atoms with E-state index in [-0.39, 0.29) is 0 Å². The van der Waals surface area contributed by atoms with Gasteiger partial charge in [0.1, 0.15) is 0 Å². The van der Waals surface area contributed by atoms with E-state index in [9.17, 15) is 5.11 Å². The minimum Gasteiger partial charge on any atom is -0.389 e. The Morgan fingerprint density at radius 3 is 2.95 bits per heavy atom. The molecular formula is C15H21N3O2. The summed E-state index contributed by atoms with van der Waals surface area (Å²) in [6.07, 6.45) is 3.20. The Labute approximate surface area is 119 Å². The summed E-state index contributed by atoms with van der Waals surface area (Å²) >= 11 is 0. The summed E-state index contributed by atoms with van der Waals surface area (Å²) in [5.74, 6) is 0. The predicted molar refractivity (Wildman–Crippen MR) is 77.8 cm³/mol. The second-order valence-corrected chi connectivity index (χ2v) is 4.52. The van der Waals surface area contributed by atoms with Crippen molar-refractivity contribution < 1.29 is 9.84 Å². The van der Waals surface area contributed by atoms with E-state index in [4.69, 9.17) is 4.74 Å². The molecule has 1 atom stereocenters. The highest BCUT2D eigenvalue weighted by Crippen LogP contribution is 2.12. The third-order valence-corrected chi connectivity index (χ3v) is 2.95. The van der Waals surface area contributed by atoms with Crippen LogP contribution in [0.15, 0.2) is 42.7 Å². The molecule has 1 aromatic heterocycles. The summed E-state index contributed by atoms with van der Waals surface area (Å²) in [4.78, 5) is 0. The first-order valence-corrected chi connectivity index (χ1v) is 6.85. The minimum atomic E-state index is -0.480. The number of ether oxygens (including phenoxy) is 1. The van der Waals surface area contributed by atoms with Crippen LogP contribution in [-0.4, -0.2) is 40.7 Å². The van der Waals surface area contributed by atoms with E-state index < -0.39 is 6.10 Å². The molecule has 0 saturated carbocycles. The standard InChI is InChI=1S/C15H21N3O2/c1-2-20-12-14(19)11-16-10-13-6-3-4-7-15(13)18-9-5-8-17-18/h3-9,14,16,19H,2,10-12H2,1H3. The zero-order valence-corrected chi connectivity index (χ0v) is 11.7. The van der Waals surface area contributed by atoms with Crippen LogP contribution in [0.4, 0.5) is 0 Å². The van der Waals surface area contributed by atoms with Crippen molar-refractivity contribution in [3.8, 4) is 5.69 Å². The summed E-state index contributed by atoms with van der Waals surface area (Å²) < 4.78 is 7.02. The van der Waals surface area contributed by atoms with Gasteiger partial charge in [-0.2, -0.15) is 5.10 Å².